The number of pyridine rings is 1. The van der Waals surface area contributed by atoms with Crippen LogP contribution in [0.15, 0.2) is 72.6 Å². The number of carbonyl (C=O) groups is 2. The van der Waals surface area contributed by atoms with E-state index in [2.05, 4.69) is 4.98 Å². The number of ketones is 1. The zero-order valence-corrected chi connectivity index (χ0v) is 18.9. The zero-order chi connectivity index (χ0) is 23.7. The normalized spacial score (nSPS) is 17.3. The fraction of sp³-hybridized carbons (Fsp3) is 0.192. The van der Waals surface area contributed by atoms with Gasteiger partial charge in [-0.1, -0.05) is 11.6 Å². The number of aryl methyl sites for hydroxylation is 1. The number of hydrogen-bond donors (Lipinski definition) is 1. The van der Waals surface area contributed by atoms with Crippen molar-refractivity contribution in [2.45, 2.75) is 13.0 Å². The van der Waals surface area contributed by atoms with Crippen LogP contribution >= 0.6 is 0 Å². The summed E-state index contributed by atoms with van der Waals surface area (Å²) in [6, 6.07) is 15.3. The van der Waals surface area contributed by atoms with Gasteiger partial charge in [0.1, 0.15) is 11.5 Å². The molecule has 1 aliphatic heterocycles. The molecule has 1 N–H and O–H groups in total. The lowest BCUT2D eigenvalue weighted by atomic mass is 9.95. The molecule has 0 aliphatic carbocycles. The van der Waals surface area contributed by atoms with E-state index in [1.807, 2.05) is 44.1 Å². The Balaban J connectivity index is 1.94. The second-order valence-electron chi connectivity index (χ2n) is 8.06. The molecule has 1 aliphatic rings. The van der Waals surface area contributed by atoms with Gasteiger partial charge in [0.2, 0.25) is 0 Å². The molecule has 168 valence electrons. The number of methoxy groups -OCH3 is 1. The minimum atomic E-state index is -0.816. The van der Waals surface area contributed by atoms with Crippen LogP contribution in [0.3, 0.4) is 0 Å². The van der Waals surface area contributed by atoms with Gasteiger partial charge in [0.25, 0.3) is 11.7 Å². The molecule has 0 saturated carbocycles. The van der Waals surface area contributed by atoms with Crippen molar-refractivity contribution in [2.75, 3.05) is 31.0 Å². The molecule has 1 atom stereocenters. The van der Waals surface area contributed by atoms with E-state index < -0.39 is 17.7 Å². The highest BCUT2D eigenvalue weighted by Crippen LogP contribution is 2.43. The molecule has 0 radical (unpaired) electrons. The number of nitrogens with zero attached hydrogens (tertiary/aromatic N) is 3. The van der Waals surface area contributed by atoms with Crippen LogP contribution < -0.4 is 14.5 Å². The van der Waals surface area contributed by atoms with Crippen molar-refractivity contribution in [3.8, 4) is 5.75 Å². The van der Waals surface area contributed by atoms with E-state index in [-0.39, 0.29) is 11.3 Å². The highest BCUT2D eigenvalue weighted by Gasteiger charge is 2.47. The van der Waals surface area contributed by atoms with Crippen LogP contribution in [-0.4, -0.2) is 43.0 Å². The van der Waals surface area contributed by atoms with Crippen LogP contribution in [0.4, 0.5) is 11.4 Å². The maximum Gasteiger partial charge on any atom is 0.300 e. The number of Topliss-reactive ketones (excluding diaryl/α,β-unsaturated/α-hetero) is 1. The first-order chi connectivity index (χ1) is 15.8. The van der Waals surface area contributed by atoms with E-state index in [0.29, 0.717) is 22.6 Å². The average Bonchev–Trinajstić information content (AvgIpc) is 3.09. The Morgan fingerprint density at radius 2 is 1.70 bits per heavy atom. The van der Waals surface area contributed by atoms with Gasteiger partial charge in [0.15, 0.2) is 0 Å². The van der Waals surface area contributed by atoms with Crippen molar-refractivity contribution in [1.82, 2.24) is 4.98 Å². The number of ether oxygens (including phenoxy) is 1. The number of carbonyl (C=O) groups excluding carboxylic acids is 2. The molecule has 7 heteroatoms. The van der Waals surface area contributed by atoms with Gasteiger partial charge in [-0.05, 0) is 61.0 Å². The Morgan fingerprint density at radius 1 is 1.03 bits per heavy atom. The van der Waals surface area contributed by atoms with E-state index >= 15 is 0 Å². The first-order valence-electron chi connectivity index (χ1n) is 10.5. The van der Waals surface area contributed by atoms with Gasteiger partial charge >= 0.3 is 0 Å². The number of aromatic nitrogens is 1. The second kappa shape index (κ2) is 8.78. The summed E-state index contributed by atoms with van der Waals surface area (Å²) in [7, 11) is 5.34. The number of hydrogen-bond acceptors (Lipinski definition) is 6. The van der Waals surface area contributed by atoms with Gasteiger partial charge in [0, 0.05) is 37.9 Å². The predicted octanol–water partition coefficient (Wildman–Crippen LogP) is 4.09. The molecule has 3 aromatic rings. The molecule has 0 bridgehead atoms. The predicted molar refractivity (Wildman–Crippen MR) is 128 cm³/mol. The quantitative estimate of drug-likeness (QED) is 0.363. The van der Waals surface area contributed by atoms with Crippen molar-refractivity contribution in [2.24, 2.45) is 0 Å². The first kappa shape index (κ1) is 22.1. The Bertz CT molecular complexity index is 1230. The Morgan fingerprint density at radius 3 is 2.30 bits per heavy atom. The summed E-state index contributed by atoms with van der Waals surface area (Å²) in [5.41, 5.74) is 3.42. The summed E-state index contributed by atoms with van der Waals surface area (Å²) in [5.74, 6) is -1.33. The van der Waals surface area contributed by atoms with Crippen molar-refractivity contribution >= 4 is 28.8 Å². The van der Waals surface area contributed by atoms with E-state index in [1.54, 1.807) is 48.8 Å². The largest absolute Gasteiger partial charge is 0.507 e. The van der Waals surface area contributed by atoms with E-state index in [9.17, 15) is 14.7 Å². The molecule has 1 unspecified atom stereocenters. The smallest absolute Gasteiger partial charge is 0.300 e. The number of aliphatic hydroxyl groups excluding tert-OH is 1. The third-order valence-electron chi connectivity index (χ3n) is 5.72. The van der Waals surface area contributed by atoms with Gasteiger partial charge < -0.3 is 14.7 Å². The summed E-state index contributed by atoms with van der Waals surface area (Å²) in [4.78, 5) is 33.9. The standard InChI is InChI=1S/C26H25N3O4/c1-16-5-10-21(33-4)20(15-16)24(30)22-23(17-11-13-27-14-12-17)29(26(32)25(22)31)19-8-6-18(7-9-19)28(2)3/h5-15,23,30H,1-4H3/b24-22+. The molecule has 2 aromatic carbocycles. The third kappa shape index (κ3) is 3.93. The molecular weight excluding hydrogens is 418 g/mol. The van der Waals surface area contributed by atoms with Gasteiger partial charge in [-0.25, -0.2) is 0 Å². The van der Waals surface area contributed by atoms with Crippen molar-refractivity contribution in [3.05, 3.63) is 89.3 Å². The SMILES string of the molecule is COc1ccc(C)cc1/C(O)=C1\C(=O)C(=O)N(c2ccc(N(C)C)cc2)C1c1ccncc1. The molecule has 1 aromatic heterocycles. The number of amides is 1. The highest BCUT2D eigenvalue weighted by atomic mass is 16.5. The summed E-state index contributed by atoms with van der Waals surface area (Å²) < 4.78 is 5.41. The maximum absolute atomic E-state index is 13.3. The van der Waals surface area contributed by atoms with E-state index in [1.165, 1.54) is 12.0 Å². The lowest BCUT2D eigenvalue weighted by Gasteiger charge is -2.26. The Hall–Kier alpha value is -4.13. The van der Waals surface area contributed by atoms with Gasteiger partial charge in [0.05, 0.1) is 24.3 Å². The second-order valence-corrected chi connectivity index (χ2v) is 8.06. The molecule has 0 spiro atoms. The number of benzene rings is 2. The van der Waals surface area contributed by atoms with Gasteiger partial charge in [-0.2, -0.15) is 0 Å². The summed E-state index contributed by atoms with van der Waals surface area (Å²) >= 11 is 0. The molecule has 1 fully saturated rings. The molecule has 1 saturated heterocycles. The van der Waals surface area contributed by atoms with Crippen molar-refractivity contribution in [3.63, 3.8) is 0 Å². The minimum absolute atomic E-state index is 0.00628. The fourth-order valence-corrected chi connectivity index (χ4v) is 4.02. The third-order valence-corrected chi connectivity index (χ3v) is 5.72. The molecule has 4 rings (SSSR count). The number of aliphatic hydroxyl groups is 1. The number of rotatable bonds is 5. The maximum atomic E-state index is 13.3. The zero-order valence-electron chi connectivity index (χ0n) is 18.9. The van der Waals surface area contributed by atoms with E-state index in [0.717, 1.165) is 11.3 Å². The minimum Gasteiger partial charge on any atom is -0.507 e. The van der Waals surface area contributed by atoms with E-state index in [4.69, 9.17) is 4.74 Å². The Labute approximate surface area is 192 Å². The molecular formula is C26H25N3O4. The lowest BCUT2D eigenvalue weighted by molar-refractivity contribution is -0.132. The lowest BCUT2D eigenvalue weighted by Crippen LogP contribution is -2.29. The molecule has 7 nitrogen and oxygen atoms in total. The first-order valence-corrected chi connectivity index (χ1v) is 10.5. The van der Waals surface area contributed by atoms with Gasteiger partial charge in [-0.15, -0.1) is 0 Å². The van der Waals surface area contributed by atoms with Crippen LogP contribution in [0.25, 0.3) is 5.76 Å². The highest BCUT2D eigenvalue weighted by molar-refractivity contribution is 6.51. The van der Waals surface area contributed by atoms with Crippen molar-refractivity contribution < 1.29 is 19.4 Å². The number of anilines is 2. The molecule has 1 amide bonds. The average molecular weight is 444 g/mol. The summed E-state index contributed by atoms with van der Waals surface area (Å²) in [6.07, 6.45) is 3.19. The summed E-state index contributed by atoms with van der Waals surface area (Å²) in [6.45, 7) is 1.88. The summed E-state index contributed by atoms with van der Waals surface area (Å²) in [5, 5.41) is 11.3. The van der Waals surface area contributed by atoms with Crippen molar-refractivity contribution in [1.29, 1.82) is 0 Å². The Kier molecular flexibility index (Phi) is 5.87. The van der Waals surface area contributed by atoms with Crippen LogP contribution in [0.5, 0.6) is 5.75 Å². The molecule has 33 heavy (non-hydrogen) atoms. The van der Waals surface area contributed by atoms with Crippen LogP contribution in [-0.2, 0) is 9.59 Å². The van der Waals surface area contributed by atoms with Crippen LogP contribution in [0.1, 0.15) is 22.7 Å². The molecule has 2 heterocycles. The topological polar surface area (TPSA) is 83.0 Å². The fourth-order valence-electron chi connectivity index (χ4n) is 4.02. The van der Waals surface area contributed by atoms with Crippen LogP contribution in [0.2, 0.25) is 0 Å². The van der Waals surface area contributed by atoms with Crippen LogP contribution in [0, 0.1) is 6.92 Å². The van der Waals surface area contributed by atoms with Gasteiger partial charge in [-0.3, -0.25) is 19.5 Å². The monoisotopic (exact) mass is 443 g/mol.